The van der Waals surface area contributed by atoms with Crippen LogP contribution in [0, 0.1) is 0 Å². The van der Waals surface area contributed by atoms with Gasteiger partial charge in [-0.1, -0.05) is 41.4 Å². The Balaban J connectivity index is 2.08. The van der Waals surface area contributed by atoms with Crippen LogP contribution >= 0.6 is 15.9 Å². The number of nitrogens with one attached hydrogen (secondary N) is 1. The maximum absolute atomic E-state index is 11.4. The van der Waals surface area contributed by atoms with Crippen molar-refractivity contribution in [3.05, 3.63) is 45.6 Å². The first-order valence-electron chi connectivity index (χ1n) is 7.09. The highest BCUT2D eigenvalue weighted by Gasteiger charge is 2.27. The van der Waals surface area contributed by atoms with Gasteiger partial charge in [-0.05, 0) is 37.5 Å². The van der Waals surface area contributed by atoms with Gasteiger partial charge in [-0.2, -0.15) is 0 Å². The zero-order valence-electron chi connectivity index (χ0n) is 12.0. The van der Waals surface area contributed by atoms with Crippen molar-refractivity contribution in [2.45, 2.75) is 39.2 Å². The van der Waals surface area contributed by atoms with Crippen molar-refractivity contribution in [1.29, 1.82) is 0 Å². The molecule has 0 bridgehead atoms. The monoisotopic (exact) mass is 336 g/mol. The number of nitrogens with zero attached hydrogens (tertiary/aromatic N) is 1. The van der Waals surface area contributed by atoms with Crippen LogP contribution < -0.4 is 5.43 Å². The lowest BCUT2D eigenvalue weighted by Gasteiger charge is -2.22. The van der Waals surface area contributed by atoms with Gasteiger partial charge in [0.2, 0.25) is 0 Å². The molecule has 1 aromatic carbocycles. The van der Waals surface area contributed by atoms with Gasteiger partial charge in [0, 0.05) is 22.3 Å². The molecule has 1 heterocycles. The van der Waals surface area contributed by atoms with Gasteiger partial charge in [0.05, 0.1) is 6.04 Å². The van der Waals surface area contributed by atoms with E-state index in [2.05, 4.69) is 45.4 Å². The SMILES string of the molecule is CCCCN1NC(Cc2ccc(Br)cc2)C(C=O)=C1C. The van der Waals surface area contributed by atoms with Crippen LogP contribution in [-0.4, -0.2) is 23.9 Å². The first-order chi connectivity index (χ1) is 9.65. The number of allylic oxidation sites excluding steroid dienone is 1. The molecule has 1 aromatic rings. The molecule has 4 heteroatoms. The average Bonchev–Trinajstić information content (AvgIpc) is 2.74. The number of rotatable bonds is 6. The van der Waals surface area contributed by atoms with Gasteiger partial charge in [-0.3, -0.25) is 4.79 Å². The molecule has 2 rings (SSSR count). The summed E-state index contributed by atoms with van der Waals surface area (Å²) in [5.41, 5.74) is 6.63. The van der Waals surface area contributed by atoms with E-state index in [0.29, 0.717) is 0 Å². The number of benzene rings is 1. The Morgan fingerprint density at radius 1 is 1.35 bits per heavy atom. The Bertz CT molecular complexity index is 496. The first kappa shape index (κ1) is 15.3. The lowest BCUT2D eigenvalue weighted by Crippen LogP contribution is -2.39. The van der Waals surface area contributed by atoms with E-state index in [4.69, 9.17) is 0 Å². The number of aldehydes is 1. The van der Waals surface area contributed by atoms with E-state index >= 15 is 0 Å². The lowest BCUT2D eigenvalue weighted by atomic mass is 10.0. The van der Waals surface area contributed by atoms with Crippen molar-refractivity contribution >= 4 is 22.2 Å². The number of unbranched alkanes of at least 4 members (excludes halogenated alkanes) is 1. The summed E-state index contributed by atoms with van der Waals surface area (Å²) in [7, 11) is 0. The molecule has 3 nitrogen and oxygen atoms in total. The van der Waals surface area contributed by atoms with E-state index in [1.807, 2.05) is 19.1 Å². The molecule has 0 radical (unpaired) electrons. The Morgan fingerprint density at radius 2 is 2.05 bits per heavy atom. The third-order valence-electron chi connectivity index (χ3n) is 3.73. The highest BCUT2D eigenvalue weighted by atomic mass is 79.9. The second-order valence-corrected chi connectivity index (χ2v) is 6.09. The first-order valence-corrected chi connectivity index (χ1v) is 7.89. The predicted molar refractivity (Wildman–Crippen MR) is 85.1 cm³/mol. The average molecular weight is 337 g/mol. The largest absolute Gasteiger partial charge is 0.312 e. The molecule has 1 aliphatic heterocycles. The standard InChI is InChI=1S/C16H21BrN2O/c1-3-4-9-19-12(2)15(11-20)16(18-19)10-13-5-7-14(17)8-6-13/h5-8,11,16,18H,3-4,9-10H2,1-2H3. The summed E-state index contributed by atoms with van der Waals surface area (Å²) < 4.78 is 1.08. The predicted octanol–water partition coefficient (Wildman–Crippen LogP) is 3.45. The van der Waals surface area contributed by atoms with Gasteiger partial charge in [0.15, 0.2) is 0 Å². The number of carbonyl (C=O) groups excluding carboxylic acids is 1. The summed E-state index contributed by atoms with van der Waals surface area (Å²) in [4.78, 5) is 11.4. The fourth-order valence-electron chi connectivity index (χ4n) is 2.49. The van der Waals surface area contributed by atoms with Gasteiger partial charge in [-0.15, -0.1) is 0 Å². The van der Waals surface area contributed by atoms with Crippen LogP contribution in [-0.2, 0) is 11.2 Å². The van der Waals surface area contributed by atoms with E-state index in [1.165, 1.54) is 5.56 Å². The molecule has 1 unspecified atom stereocenters. The normalized spacial score (nSPS) is 18.8. The van der Waals surface area contributed by atoms with Gasteiger partial charge in [0.1, 0.15) is 6.29 Å². The molecule has 20 heavy (non-hydrogen) atoms. The molecule has 1 atom stereocenters. The third-order valence-corrected chi connectivity index (χ3v) is 4.25. The summed E-state index contributed by atoms with van der Waals surface area (Å²) in [5, 5.41) is 2.12. The van der Waals surface area contributed by atoms with E-state index in [-0.39, 0.29) is 6.04 Å². The Hall–Kier alpha value is -1.13. The van der Waals surface area contributed by atoms with Crippen LogP contribution in [0.5, 0.6) is 0 Å². The molecule has 0 saturated heterocycles. The summed E-state index contributed by atoms with van der Waals surface area (Å²) in [5.74, 6) is 0. The van der Waals surface area contributed by atoms with Crippen LogP contribution in [0.3, 0.4) is 0 Å². The minimum absolute atomic E-state index is 0.0885. The smallest absolute Gasteiger partial charge is 0.149 e. The fourth-order valence-corrected chi connectivity index (χ4v) is 2.75. The number of carbonyl (C=O) groups is 1. The zero-order valence-corrected chi connectivity index (χ0v) is 13.6. The molecule has 0 aliphatic carbocycles. The Morgan fingerprint density at radius 3 is 2.65 bits per heavy atom. The molecule has 0 aromatic heterocycles. The van der Waals surface area contributed by atoms with Crippen molar-refractivity contribution in [2.24, 2.45) is 0 Å². The van der Waals surface area contributed by atoms with E-state index in [0.717, 1.165) is 47.8 Å². The molecule has 0 spiro atoms. The van der Waals surface area contributed by atoms with Gasteiger partial charge < -0.3 is 5.01 Å². The molecule has 0 amide bonds. The van der Waals surface area contributed by atoms with Crippen molar-refractivity contribution in [2.75, 3.05) is 6.54 Å². The minimum atomic E-state index is 0.0885. The Labute approximate surface area is 129 Å². The maximum atomic E-state index is 11.4. The number of halogens is 1. The van der Waals surface area contributed by atoms with Crippen molar-refractivity contribution in [3.8, 4) is 0 Å². The van der Waals surface area contributed by atoms with Gasteiger partial charge in [-0.25, -0.2) is 5.43 Å². The molecular weight excluding hydrogens is 316 g/mol. The van der Waals surface area contributed by atoms with E-state index < -0.39 is 0 Å². The zero-order chi connectivity index (χ0) is 14.5. The second kappa shape index (κ2) is 7.04. The third kappa shape index (κ3) is 3.49. The van der Waals surface area contributed by atoms with E-state index in [1.54, 1.807) is 0 Å². The summed E-state index contributed by atoms with van der Waals surface area (Å²) in [6, 6.07) is 8.36. The number of hydrazine groups is 1. The maximum Gasteiger partial charge on any atom is 0.149 e. The van der Waals surface area contributed by atoms with E-state index in [9.17, 15) is 4.79 Å². The fraction of sp³-hybridized carbons (Fsp3) is 0.438. The molecular formula is C16H21BrN2O. The molecule has 1 aliphatic rings. The van der Waals surface area contributed by atoms with Gasteiger partial charge >= 0.3 is 0 Å². The number of hydrogen-bond acceptors (Lipinski definition) is 3. The van der Waals surface area contributed by atoms with Crippen LogP contribution in [0.15, 0.2) is 40.0 Å². The van der Waals surface area contributed by atoms with Crippen LogP contribution in [0.25, 0.3) is 0 Å². The summed E-state index contributed by atoms with van der Waals surface area (Å²) in [6.45, 7) is 5.15. The quantitative estimate of drug-likeness (QED) is 0.807. The van der Waals surface area contributed by atoms with Crippen molar-refractivity contribution in [1.82, 2.24) is 10.4 Å². The highest BCUT2D eigenvalue weighted by molar-refractivity contribution is 9.10. The summed E-state index contributed by atoms with van der Waals surface area (Å²) in [6.07, 6.45) is 4.11. The topological polar surface area (TPSA) is 32.3 Å². The molecule has 0 fully saturated rings. The minimum Gasteiger partial charge on any atom is -0.312 e. The summed E-state index contributed by atoms with van der Waals surface area (Å²) >= 11 is 3.44. The van der Waals surface area contributed by atoms with Crippen LogP contribution in [0.1, 0.15) is 32.3 Å². The second-order valence-electron chi connectivity index (χ2n) is 5.18. The van der Waals surface area contributed by atoms with Gasteiger partial charge in [0.25, 0.3) is 0 Å². The van der Waals surface area contributed by atoms with Crippen LogP contribution in [0.4, 0.5) is 0 Å². The lowest BCUT2D eigenvalue weighted by molar-refractivity contribution is -0.105. The van der Waals surface area contributed by atoms with Crippen LogP contribution in [0.2, 0.25) is 0 Å². The highest BCUT2D eigenvalue weighted by Crippen LogP contribution is 2.22. The molecule has 108 valence electrons. The molecule has 0 saturated carbocycles. The molecule has 1 N–H and O–H groups in total. The van der Waals surface area contributed by atoms with Crippen molar-refractivity contribution < 1.29 is 4.79 Å². The Kier molecular flexibility index (Phi) is 5.38. The number of hydrogen-bond donors (Lipinski definition) is 1. The van der Waals surface area contributed by atoms with Crippen molar-refractivity contribution in [3.63, 3.8) is 0 Å².